The van der Waals surface area contributed by atoms with Crippen LogP contribution < -0.4 is 14.8 Å². The summed E-state index contributed by atoms with van der Waals surface area (Å²) in [5.74, 6) is 0.861. The highest BCUT2D eigenvalue weighted by Crippen LogP contribution is 2.42. The molecule has 0 aliphatic heterocycles. The van der Waals surface area contributed by atoms with Crippen LogP contribution in [0.1, 0.15) is 65.3 Å². The molecule has 0 radical (unpaired) electrons. The van der Waals surface area contributed by atoms with Gasteiger partial charge in [0.05, 0.1) is 30.4 Å². The Morgan fingerprint density at radius 2 is 1.93 bits per heavy atom. The number of carbonyl (C=O) groups excluding carboxylic acids is 1. The molecule has 2 aliphatic carbocycles. The molecular formula is C23H33N3O4. The summed E-state index contributed by atoms with van der Waals surface area (Å²) >= 11 is 0. The van der Waals surface area contributed by atoms with E-state index in [1.807, 2.05) is 26.0 Å². The van der Waals surface area contributed by atoms with E-state index in [1.165, 1.54) is 19.8 Å². The number of fused-ring (bicyclic) bond motifs is 1. The first-order valence-corrected chi connectivity index (χ1v) is 11.2. The third kappa shape index (κ3) is 5.06. The Morgan fingerprint density at radius 1 is 1.20 bits per heavy atom. The van der Waals surface area contributed by atoms with Gasteiger partial charge in [0.25, 0.3) is 6.01 Å². The molecule has 4 rings (SSSR count). The number of hydrogen-bond donors (Lipinski definition) is 1. The first-order valence-electron chi connectivity index (χ1n) is 11.2. The zero-order valence-electron chi connectivity index (χ0n) is 18.2. The summed E-state index contributed by atoms with van der Waals surface area (Å²) in [5.41, 5.74) is 2.06. The second kappa shape index (κ2) is 9.25. The molecule has 1 heterocycles. The number of ether oxygens (including phenoxy) is 3. The van der Waals surface area contributed by atoms with Crippen LogP contribution >= 0.6 is 0 Å². The van der Waals surface area contributed by atoms with Crippen molar-refractivity contribution in [2.24, 2.45) is 0 Å². The zero-order valence-corrected chi connectivity index (χ0v) is 18.2. The summed E-state index contributed by atoms with van der Waals surface area (Å²) in [6.45, 7) is 6.70. The van der Waals surface area contributed by atoms with Crippen molar-refractivity contribution in [2.45, 2.75) is 83.6 Å². The highest BCUT2D eigenvalue weighted by molar-refractivity contribution is 5.79. The Balaban J connectivity index is 1.36. The summed E-state index contributed by atoms with van der Waals surface area (Å²) < 4.78 is 20.3. The normalized spacial score (nSPS) is 22.6. The number of benzene rings is 1. The molecule has 2 aromatic rings. The molecule has 30 heavy (non-hydrogen) atoms. The summed E-state index contributed by atoms with van der Waals surface area (Å²) in [6, 6.07) is 7.34. The molecule has 1 aromatic heterocycles. The van der Waals surface area contributed by atoms with E-state index in [-0.39, 0.29) is 24.2 Å². The average molecular weight is 416 g/mol. The fourth-order valence-corrected chi connectivity index (χ4v) is 4.21. The molecule has 2 saturated carbocycles. The molecule has 0 saturated heterocycles. The van der Waals surface area contributed by atoms with Crippen molar-refractivity contribution < 1.29 is 19.0 Å². The van der Waals surface area contributed by atoms with Gasteiger partial charge in [-0.25, -0.2) is 0 Å². The largest absolute Gasteiger partial charge is 0.494 e. The van der Waals surface area contributed by atoms with Gasteiger partial charge in [0.15, 0.2) is 0 Å². The molecule has 0 bridgehead atoms. The maximum atomic E-state index is 11.1. The molecule has 164 valence electrons. The minimum Gasteiger partial charge on any atom is -0.494 e. The van der Waals surface area contributed by atoms with Gasteiger partial charge in [0, 0.05) is 25.1 Å². The van der Waals surface area contributed by atoms with Gasteiger partial charge in [-0.1, -0.05) is 0 Å². The van der Waals surface area contributed by atoms with E-state index < -0.39 is 0 Å². The van der Waals surface area contributed by atoms with Crippen molar-refractivity contribution in [3.8, 4) is 11.8 Å². The van der Waals surface area contributed by atoms with Gasteiger partial charge < -0.3 is 19.5 Å². The van der Waals surface area contributed by atoms with Crippen LogP contribution in [0.2, 0.25) is 0 Å². The van der Waals surface area contributed by atoms with Crippen molar-refractivity contribution in [1.82, 2.24) is 14.9 Å². The van der Waals surface area contributed by atoms with E-state index in [0.29, 0.717) is 19.3 Å². The zero-order chi connectivity index (χ0) is 21.1. The number of carbonyl (C=O) groups is 1. The maximum absolute atomic E-state index is 11.1. The fourth-order valence-electron chi connectivity index (χ4n) is 4.21. The molecule has 1 amide bonds. The Kier molecular flexibility index (Phi) is 6.46. The molecule has 0 spiro atoms. The molecular weight excluding hydrogens is 382 g/mol. The van der Waals surface area contributed by atoms with Crippen molar-refractivity contribution in [3.63, 3.8) is 0 Å². The van der Waals surface area contributed by atoms with Crippen LogP contribution in [-0.4, -0.2) is 46.9 Å². The van der Waals surface area contributed by atoms with Crippen LogP contribution in [0.3, 0.4) is 0 Å². The van der Waals surface area contributed by atoms with Gasteiger partial charge >= 0.3 is 0 Å². The second-order valence-corrected chi connectivity index (χ2v) is 8.53. The lowest BCUT2D eigenvalue weighted by molar-refractivity contribution is -0.120. The topological polar surface area (TPSA) is 74.6 Å². The molecule has 7 heteroatoms. The first-order chi connectivity index (χ1) is 14.5. The van der Waals surface area contributed by atoms with E-state index in [1.54, 1.807) is 0 Å². The van der Waals surface area contributed by atoms with Crippen LogP contribution in [-0.2, 0) is 9.53 Å². The van der Waals surface area contributed by atoms with E-state index in [2.05, 4.69) is 16.0 Å². The van der Waals surface area contributed by atoms with E-state index in [0.717, 1.165) is 48.5 Å². The molecule has 1 atom stereocenters. The van der Waals surface area contributed by atoms with Gasteiger partial charge in [-0.05, 0) is 64.5 Å². The average Bonchev–Trinajstić information content (AvgIpc) is 3.48. The number of imidazole rings is 1. The van der Waals surface area contributed by atoms with Crippen LogP contribution in [0.25, 0.3) is 11.0 Å². The third-order valence-electron chi connectivity index (χ3n) is 5.78. The minimum absolute atomic E-state index is 0.0184. The summed E-state index contributed by atoms with van der Waals surface area (Å²) in [7, 11) is 0. The number of rotatable bonds is 9. The SMILES string of the molecule is CCOc1ccc2nc(OC3CCC(OC[C@H](C)NC(C)=O)CC3)n(C3CC3)c2c1. The Bertz CT molecular complexity index is 869. The third-order valence-corrected chi connectivity index (χ3v) is 5.78. The minimum atomic E-state index is -0.0184. The summed E-state index contributed by atoms with van der Waals surface area (Å²) in [4.78, 5) is 15.9. The lowest BCUT2D eigenvalue weighted by atomic mass is 9.95. The number of nitrogens with zero attached hydrogens (tertiary/aromatic N) is 2. The standard InChI is InChI=1S/C23H33N3O4/c1-4-28-20-11-12-21-22(13-20)26(17-5-6-17)23(25-21)30-19-9-7-18(8-10-19)29-14-15(2)24-16(3)27/h11-13,15,17-19H,4-10,14H2,1-3H3,(H,24,27)/t15-,18?,19?/m0/s1. The molecule has 7 nitrogen and oxygen atoms in total. The summed E-state index contributed by atoms with van der Waals surface area (Å²) in [5, 5.41) is 2.86. The highest BCUT2D eigenvalue weighted by atomic mass is 16.5. The van der Waals surface area contributed by atoms with Gasteiger partial charge in [0.2, 0.25) is 5.91 Å². The molecule has 0 unspecified atom stereocenters. The lowest BCUT2D eigenvalue weighted by Crippen LogP contribution is -2.37. The molecule has 1 N–H and O–H groups in total. The Labute approximate surface area is 178 Å². The number of hydrogen-bond acceptors (Lipinski definition) is 5. The number of nitrogens with one attached hydrogen (secondary N) is 1. The Hall–Kier alpha value is -2.28. The predicted molar refractivity (Wildman–Crippen MR) is 115 cm³/mol. The molecule has 2 fully saturated rings. The van der Waals surface area contributed by atoms with Crippen LogP contribution in [0.4, 0.5) is 0 Å². The quantitative estimate of drug-likeness (QED) is 0.670. The van der Waals surface area contributed by atoms with Crippen molar-refractivity contribution in [2.75, 3.05) is 13.2 Å². The lowest BCUT2D eigenvalue weighted by Gasteiger charge is -2.29. The van der Waals surface area contributed by atoms with Crippen LogP contribution in [0.15, 0.2) is 18.2 Å². The second-order valence-electron chi connectivity index (χ2n) is 8.53. The number of amides is 1. The molecule has 2 aliphatic rings. The monoisotopic (exact) mass is 415 g/mol. The van der Waals surface area contributed by atoms with E-state index >= 15 is 0 Å². The van der Waals surface area contributed by atoms with Gasteiger partial charge in [0.1, 0.15) is 11.9 Å². The molecule has 1 aromatic carbocycles. The van der Waals surface area contributed by atoms with Gasteiger partial charge in [-0.15, -0.1) is 0 Å². The highest BCUT2D eigenvalue weighted by Gasteiger charge is 2.31. The van der Waals surface area contributed by atoms with Crippen molar-refractivity contribution in [1.29, 1.82) is 0 Å². The van der Waals surface area contributed by atoms with Gasteiger partial charge in [-0.2, -0.15) is 4.98 Å². The first kappa shape index (κ1) is 21.0. The van der Waals surface area contributed by atoms with Crippen LogP contribution in [0.5, 0.6) is 11.8 Å². The smallest absolute Gasteiger partial charge is 0.297 e. The van der Waals surface area contributed by atoms with Crippen LogP contribution in [0, 0.1) is 0 Å². The summed E-state index contributed by atoms with van der Waals surface area (Å²) in [6.07, 6.45) is 6.59. The fraction of sp³-hybridized carbons (Fsp3) is 0.652. The predicted octanol–water partition coefficient (Wildman–Crippen LogP) is 4.00. The number of aromatic nitrogens is 2. The Morgan fingerprint density at radius 3 is 2.60 bits per heavy atom. The van der Waals surface area contributed by atoms with Crippen molar-refractivity contribution >= 4 is 16.9 Å². The van der Waals surface area contributed by atoms with Gasteiger partial charge in [-0.3, -0.25) is 9.36 Å². The van der Waals surface area contributed by atoms with E-state index in [9.17, 15) is 4.79 Å². The maximum Gasteiger partial charge on any atom is 0.297 e. The van der Waals surface area contributed by atoms with E-state index in [4.69, 9.17) is 19.2 Å². The van der Waals surface area contributed by atoms with Crippen molar-refractivity contribution in [3.05, 3.63) is 18.2 Å².